The molecule has 1 rings (SSSR count). The van der Waals surface area contributed by atoms with Crippen molar-refractivity contribution in [3.8, 4) is 0 Å². The van der Waals surface area contributed by atoms with Gasteiger partial charge in [0.15, 0.2) is 6.10 Å². The van der Waals surface area contributed by atoms with Gasteiger partial charge in [-0.25, -0.2) is 4.79 Å². The smallest absolute Gasteiger partial charge is 0.335 e. The van der Waals surface area contributed by atoms with Gasteiger partial charge in [0, 0.05) is 6.42 Å². The van der Waals surface area contributed by atoms with E-state index in [9.17, 15) is 9.90 Å². The van der Waals surface area contributed by atoms with Gasteiger partial charge < -0.3 is 9.84 Å². The molecule has 1 aromatic carbocycles. The van der Waals surface area contributed by atoms with E-state index in [0.29, 0.717) is 13.0 Å². The second-order valence-corrected chi connectivity index (χ2v) is 5.62. The lowest BCUT2D eigenvalue weighted by Crippen LogP contribution is -2.25. The maximum atomic E-state index is 11.6. The summed E-state index contributed by atoms with van der Waals surface area (Å²) in [6.45, 7) is 4.82. The molecular formula is C17H26O3. The third-order valence-electron chi connectivity index (χ3n) is 3.21. The van der Waals surface area contributed by atoms with Crippen LogP contribution in [-0.4, -0.2) is 23.8 Å². The zero-order chi connectivity index (χ0) is 14.8. The highest BCUT2D eigenvalue weighted by Gasteiger charge is 2.16. The largest absolute Gasteiger partial charge is 0.464 e. The van der Waals surface area contributed by atoms with Crippen molar-refractivity contribution < 1.29 is 14.6 Å². The Balaban J connectivity index is 2.13. The van der Waals surface area contributed by atoms with Gasteiger partial charge >= 0.3 is 5.97 Å². The van der Waals surface area contributed by atoms with Gasteiger partial charge in [0.25, 0.3) is 0 Å². The van der Waals surface area contributed by atoms with Crippen LogP contribution in [0.15, 0.2) is 30.3 Å². The number of rotatable bonds is 9. The first kappa shape index (κ1) is 16.7. The van der Waals surface area contributed by atoms with Crippen LogP contribution in [0.25, 0.3) is 0 Å². The first-order chi connectivity index (χ1) is 9.59. The van der Waals surface area contributed by atoms with Crippen molar-refractivity contribution in [1.82, 2.24) is 0 Å². The third kappa shape index (κ3) is 7.29. The number of hydrogen-bond donors (Lipinski definition) is 1. The van der Waals surface area contributed by atoms with Crippen LogP contribution in [-0.2, 0) is 16.0 Å². The molecule has 1 unspecified atom stereocenters. The van der Waals surface area contributed by atoms with E-state index >= 15 is 0 Å². The lowest BCUT2D eigenvalue weighted by Gasteiger charge is -2.11. The Morgan fingerprint density at radius 3 is 2.50 bits per heavy atom. The van der Waals surface area contributed by atoms with E-state index in [-0.39, 0.29) is 0 Å². The summed E-state index contributed by atoms with van der Waals surface area (Å²) in [5.74, 6) is 0.211. The van der Waals surface area contributed by atoms with Gasteiger partial charge in [-0.1, -0.05) is 63.4 Å². The molecule has 0 saturated heterocycles. The molecule has 0 saturated carbocycles. The molecule has 0 spiro atoms. The molecule has 1 N–H and O–H groups in total. The van der Waals surface area contributed by atoms with E-state index in [0.717, 1.165) is 24.3 Å². The molecule has 0 aromatic heterocycles. The Morgan fingerprint density at radius 1 is 1.15 bits per heavy atom. The van der Waals surface area contributed by atoms with Crippen molar-refractivity contribution in [1.29, 1.82) is 0 Å². The van der Waals surface area contributed by atoms with Gasteiger partial charge in [0.05, 0.1) is 6.61 Å². The van der Waals surface area contributed by atoms with Crippen molar-refractivity contribution >= 4 is 5.97 Å². The topological polar surface area (TPSA) is 46.5 Å². The summed E-state index contributed by atoms with van der Waals surface area (Å²) >= 11 is 0. The number of esters is 1. The minimum atomic E-state index is -1.06. The van der Waals surface area contributed by atoms with Crippen LogP contribution in [0.3, 0.4) is 0 Å². The summed E-state index contributed by atoms with van der Waals surface area (Å²) < 4.78 is 5.09. The van der Waals surface area contributed by atoms with Gasteiger partial charge in [0.1, 0.15) is 0 Å². The predicted octanol–water partition coefficient (Wildman–Crippen LogP) is 3.35. The van der Waals surface area contributed by atoms with Crippen LogP contribution < -0.4 is 0 Å². The molecule has 0 radical (unpaired) electrons. The number of carbonyl (C=O) groups is 1. The molecule has 0 bridgehead atoms. The van der Waals surface area contributed by atoms with Gasteiger partial charge in [-0.2, -0.15) is 0 Å². The monoisotopic (exact) mass is 278 g/mol. The normalized spacial score (nSPS) is 12.4. The molecule has 0 heterocycles. The van der Waals surface area contributed by atoms with Crippen LogP contribution in [0, 0.1) is 5.92 Å². The van der Waals surface area contributed by atoms with E-state index in [4.69, 9.17) is 4.74 Å². The molecular weight excluding hydrogens is 252 g/mol. The Labute approximate surface area is 122 Å². The highest BCUT2D eigenvalue weighted by atomic mass is 16.5. The van der Waals surface area contributed by atoms with Gasteiger partial charge in [-0.05, 0) is 17.9 Å². The number of hydrogen-bond acceptors (Lipinski definition) is 3. The second-order valence-electron chi connectivity index (χ2n) is 5.62. The molecule has 0 fully saturated rings. The molecule has 0 amide bonds. The summed E-state index contributed by atoms with van der Waals surface area (Å²) in [7, 11) is 0. The zero-order valence-electron chi connectivity index (χ0n) is 12.5. The third-order valence-corrected chi connectivity index (χ3v) is 3.21. The standard InChI is InChI=1S/C17H26O3/c1-14(2)9-5-4-8-12-20-17(19)16(18)13-15-10-6-3-7-11-15/h3,6-7,10-11,14,16,18H,4-5,8-9,12-13H2,1-2H3. The predicted molar refractivity (Wildman–Crippen MR) is 80.4 cm³/mol. The number of aliphatic hydroxyl groups is 1. The lowest BCUT2D eigenvalue weighted by molar-refractivity contribution is -0.153. The average Bonchev–Trinajstić information content (AvgIpc) is 2.43. The molecule has 3 nitrogen and oxygen atoms in total. The van der Waals surface area contributed by atoms with Crippen molar-refractivity contribution in [2.45, 2.75) is 52.1 Å². The lowest BCUT2D eigenvalue weighted by atomic mass is 10.1. The van der Waals surface area contributed by atoms with Crippen LogP contribution in [0.1, 0.15) is 45.1 Å². The van der Waals surface area contributed by atoms with Crippen molar-refractivity contribution in [2.75, 3.05) is 6.61 Å². The van der Waals surface area contributed by atoms with Crippen LogP contribution in [0.5, 0.6) is 0 Å². The Kier molecular flexibility index (Phi) is 7.97. The molecule has 3 heteroatoms. The summed E-state index contributed by atoms with van der Waals surface area (Å²) in [6.07, 6.45) is 3.57. The Morgan fingerprint density at radius 2 is 1.85 bits per heavy atom. The number of benzene rings is 1. The molecule has 0 aliphatic carbocycles. The summed E-state index contributed by atoms with van der Waals surface area (Å²) in [5.41, 5.74) is 0.939. The van der Waals surface area contributed by atoms with Gasteiger partial charge in [0.2, 0.25) is 0 Å². The van der Waals surface area contributed by atoms with E-state index < -0.39 is 12.1 Å². The van der Waals surface area contributed by atoms with Gasteiger partial charge in [-0.15, -0.1) is 0 Å². The van der Waals surface area contributed by atoms with Crippen molar-refractivity contribution in [3.05, 3.63) is 35.9 Å². The van der Waals surface area contributed by atoms with E-state index in [1.807, 2.05) is 30.3 Å². The number of unbranched alkanes of at least 4 members (excludes halogenated alkanes) is 2. The number of carbonyl (C=O) groups excluding carboxylic acids is 1. The highest BCUT2D eigenvalue weighted by molar-refractivity contribution is 5.74. The quantitative estimate of drug-likeness (QED) is 0.556. The Bertz CT molecular complexity index is 373. The number of ether oxygens (including phenoxy) is 1. The molecule has 1 atom stereocenters. The fourth-order valence-corrected chi connectivity index (χ4v) is 2.02. The van der Waals surface area contributed by atoms with Crippen molar-refractivity contribution in [3.63, 3.8) is 0 Å². The van der Waals surface area contributed by atoms with E-state index in [1.54, 1.807) is 0 Å². The zero-order valence-corrected chi connectivity index (χ0v) is 12.5. The molecule has 20 heavy (non-hydrogen) atoms. The van der Waals surface area contributed by atoms with Crippen LogP contribution >= 0.6 is 0 Å². The summed E-state index contributed by atoms with van der Waals surface area (Å²) in [5, 5.41) is 9.77. The second kappa shape index (κ2) is 9.54. The molecule has 0 aliphatic rings. The highest BCUT2D eigenvalue weighted by Crippen LogP contribution is 2.09. The van der Waals surface area contributed by atoms with E-state index in [1.165, 1.54) is 12.8 Å². The molecule has 112 valence electrons. The average molecular weight is 278 g/mol. The van der Waals surface area contributed by atoms with Crippen LogP contribution in [0.2, 0.25) is 0 Å². The fourth-order valence-electron chi connectivity index (χ4n) is 2.02. The van der Waals surface area contributed by atoms with Crippen LogP contribution in [0.4, 0.5) is 0 Å². The SMILES string of the molecule is CC(C)CCCCCOC(=O)C(O)Cc1ccccc1. The molecule has 0 aliphatic heterocycles. The minimum Gasteiger partial charge on any atom is -0.464 e. The number of aliphatic hydroxyl groups excluding tert-OH is 1. The van der Waals surface area contributed by atoms with Crippen molar-refractivity contribution in [2.24, 2.45) is 5.92 Å². The van der Waals surface area contributed by atoms with Gasteiger partial charge in [-0.3, -0.25) is 0 Å². The fraction of sp³-hybridized carbons (Fsp3) is 0.588. The summed E-state index contributed by atoms with van der Waals surface area (Å²) in [6, 6.07) is 9.47. The summed E-state index contributed by atoms with van der Waals surface area (Å²) in [4.78, 5) is 11.6. The Hall–Kier alpha value is -1.35. The van der Waals surface area contributed by atoms with E-state index in [2.05, 4.69) is 13.8 Å². The maximum Gasteiger partial charge on any atom is 0.335 e. The first-order valence-electron chi connectivity index (χ1n) is 7.48. The molecule has 1 aromatic rings. The maximum absolute atomic E-state index is 11.6. The first-order valence-corrected chi connectivity index (χ1v) is 7.48. The minimum absolute atomic E-state index is 0.313.